The number of hydrogen-bond acceptors (Lipinski definition) is 5. The van der Waals surface area contributed by atoms with Crippen LogP contribution in [0.5, 0.6) is 5.75 Å². The molecule has 0 saturated carbocycles. The smallest absolute Gasteiger partial charge is 0.227 e. The summed E-state index contributed by atoms with van der Waals surface area (Å²) in [5, 5.41) is 7.74. The molecule has 2 aromatic carbocycles. The van der Waals surface area contributed by atoms with E-state index in [1.165, 1.54) is 7.11 Å². The second kappa shape index (κ2) is 8.21. The maximum absolute atomic E-state index is 12.1. The number of rotatable bonds is 6. The van der Waals surface area contributed by atoms with Crippen LogP contribution in [0.25, 0.3) is 11.4 Å². The van der Waals surface area contributed by atoms with Crippen LogP contribution in [0.15, 0.2) is 47.0 Å². The first kappa shape index (κ1) is 18.2. The number of hydrogen-bond donors (Lipinski definition) is 1. The molecule has 134 valence electrons. The average Bonchev–Trinajstić information content (AvgIpc) is 3.10. The molecule has 0 bridgehead atoms. The topological polar surface area (TPSA) is 77.2 Å². The Morgan fingerprint density at radius 2 is 1.96 bits per heavy atom. The van der Waals surface area contributed by atoms with E-state index in [0.29, 0.717) is 39.6 Å². The molecule has 8 heteroatoms. The molecule has 3 aromatic rings. The Morgan fingerprint density at radius 3 is 2.65 bits per heavy atom. The summed E-state index contributed by atoms with van der Waals surface area (Å²) in [6.45, 7) is 0. The maximum Gasteiger partial charge on any atom is 0.227 e. The number of aryl methyl sites for hydroxylation is 1. The first-order valence-corrected chi connectivity index (χ1v) is 8.52. The Bertz CT molecular complexity index is 910. The molecule has 1 amide bonds. The van der Waals surface area contributed by atoms with Crippen molar-refractivity contribution >= 4 is 34.8 Å². The zero-order valence-electron chi connectivity index (χ0n) is 13.8. The Labute approximate surface area is 160 Å². The lowest BCUT2D eigenvalue weighted by molar-refractivity contribution is -0.116. The molecule has 1 aromatic heterocycles. The molecule has 0 radical (unpaired) electrons. The highest BCUT2D eigenvalue weighted by molar-refractivity contribution is 6.32. The van der Waals surface area contributed by atoms with Crippen LogP contribution in [-0.4, -0.2) is 23.2 Å². The van der Waals surface area contributed by atoms with E-state index < -0.39 is 0 Å². The molecule has 26 heavy (non-hydrogen) atoms. The van der Waals surface area contributed by atoms with Crippen LogP contribution in [0.4, 0.5) is 5.69 Å². The molecule has 0 aliphatic heterocycles. The van der Waals surface area contributed by atoms with Crippen LogP contribution in [0.3, 0.4) is 0 Å². The summed E-state index contributed by atoms with van der Waals surface area (Å²) >= 11 is 11.9. The third-order valence-electron chi connectivity index (χ3n) is 3.57. The van der Waals surface area contributed by atoms with Crippen molar-refractivity contribution in [2.24, 2.45) is 0 Å². The highest BCUT2D eigenvalue weighted by Gasteiger charge is 2.11. The largest absolute Gasteiger partial charge is 0.495 e. The number of methoxy groups -OCH3 is 1. The average molecular weight is 392 g/mol. The number of amides is 1. The summed E-state index contributed by atoms with van der Waals surface area (Å²) in [5.41, 5.74) is 1.38. The molecule has 0 spiro atoms. The third kappa shape index (κ3) is 4.53. The first-order chi connectivity index (χ1) is 12.5. The normalized spacial score (nSPS) is 10.6. The number of ether oxygens (including phenoxy) is 1. The summed E-state index contributed by atoms with van der Waals surface area (Å²) < 4.78 is 10.3. The summed E-state index contributed by atoms with van der Waals surface area (Å²) in [5.74, 6) is 1.21. The predicted molar refractivity (Wildman–Crippen MR) is 99.7 cm³/mol. The van der Waals surface area contributed by atoms with Gasteiger partial charge in [0.1, 0.15) is 5.75 Å². The molecular weight excluding hydrogens is 377 g/mol. The molecule has 0 aliphatic rings. The van der Waals surface area contributed by atoms with Gasteiger partial charge in [0.15, 0.2) is 0 Å². The van der Waals surface area contributed by atoms with Crippen LogP contribution in [0.2, 0.25) is 10.0 Å². The van der Waals surface area contributed by atoms with Crippen molar-refractivity contribution < 1.29 is 14.1 Å². The third-order valence-corrected chi connectivity index (χ3v) is 4.12. The van der Waals surface area contributed by atoms with Gasteiger partial charge in [-0.2, -0.15) is 4.98 Å². The SMILES string of the molecule is COc1ccc(NC(=O)CCc2nc(-c3ccc(Cl)cc3)no2)cc1Cl. The van der Waals surface area contributed by atoms with Gasteiger partial charge in [-0.25, -0.2) is 0 Å². The van der Waals surface area contributed by atoms with Crippen molar-refractivity contribution in [2.45, 2.75) is 12.8 Å². The predicted octanol–water partition coefficient (Wildman–Crippen LogP) is 4.62. The minimum Gasteiger partial charge on any atom is -0.495 e. The van der Waals surface area contributed by atoms with Gasteiger partial charge < -0.3 is 14.6 Å². The molecule has 6 nitrogen and oxygen atoms in total. The lowest BCUT2D eigenvalue weighted by Crippen LogP contribution is -2.12. The van der Waals surface area contributed by atoms with Crippen LogP contribution in [-0.2, 0) is 11.2 Å². The summed E-state index contributed by atoms with van der Waals surface area (Å²) in [4.78, 5) is 16.4. The van der Waals surface area contributed by atoms with Gasteiger partial charge in [-0.3, -0.25) is 4.79 Å². The fraction of sp³-hybridized carbons (Fsp3) is 0.167. The van der Waals surface area contributed by atoms with Crippen molar-refractivity contribution in [3.63, 3.8) is 0 Å². The van der Waals surface area contributed by atoms with Gasteiger partial charge >= 0.3 is 0 Å². The Kier molecular flexibility index (Phi) is 5.75. The lowest BCUT2D eigenvalue weighted by Gasteiger charge is -2.07. The molecule has 0 fully saturated rings. The van der Waals surface area contributed by atoms with E-state index >= 15 is 0 Å². The van der Waals surface area contributed by atoms with Crippen LogP contribution >= 0.6 is 23.2 Å². The molecule has 3 rings (SSSR count). The van der Waals surface area contributed by atoms with Gasteiger partial charge in [0.25, 0.3) is 0 Å². The molecule has 1 heterocycles. The van der Waals surface area contributed by atoms with Crippen molar-refractivity contribution in [3.05, 3.63) is 58.4 Å². The zero-order valence-corrected chi connectivity index (χ0v) is 15.3. The molecule has 0 unspecified atom stereocenters. The number of nitrogens with one attached hydrogen (secondary N) is 1. The number of carbonyl (C=O) groups is 1. The van der Waals surface area contributed by atoms with Gasteiger partial charge in [-0.15, -0.1) is 0 Å². The number of aromatic nitrogens is 2. The van der Waals surface area contributed by atoms with Crippen molar-refractivity contribution in [3.8, 4) is 17.1 Å². The van der Waals surface area contributed by atoms with Gasteiger partial charge in [-0.05, 0) is 42.5 Å². The van der Waals surface area contributed by atoms with Crippen LogP contribution < -0.4 is 10.1 Å². The summed E-state index contributed by atoms with van der Waals surface area (Å²) in [6.07, 6.45) is 0.530. The Hall–Kier alpha value is -2.57. The van der Waals surface area contributed by atoms with Crippen molar-refractivity contribution in [1.29, 1.82) is 0 Å². The standard InChI is InChI=1S/C18H15Cl2N3O3/c1-25-15-7-6-13(10-14(15)20)21-16(24)8-9-17-22-18(23-26-17)11-2-4-12(19)5-3-11/h2-7,10H,8-9H2,1H3,(H,21,24). The first-order valence-electron chi connectivity index (χ1n) is 7.77. The highest BCUT2D eigenvalue weighted by atomic mass is 35.5. The number of carbonyl (C=O) groups excluding carboxylic acids is 1. The van der Waals surface area contributed by atoms with Crippen molar-refractivity contribution in [2.75, 3.05) is 12.4 Å². The second-order valence-corrected chi connectivity index (χ2v) is 6.26. The lowest BCUT2D eigenvalue weighted by atomic mass is 10.2. The number of benzene rings is 2. The highest BCUT2D eigenvalue weighted by Crippen LogP contribution is 2.27. The maximum atomic E-state index is 12.1. The van der Waals surface area contributed by atoms with E-state index in [2.05, 4.69) is 15.5 Å². The molecule has 0 aliphatic carbocycles. The fourth-order valence-electron chi connectivity index (χ4n) is 2.26. The Balaban J connectivity index is 1.56. The second-order valence-electron chi connectivity index (χ2n) is 5.42. The molecule has 0 saturated heterocycles. The molecule has 0 atom stereocenters. The van der Waals surface area contributed by atoms with Gasteiger partial charge in [0, 0.05) is 29.1 Å². The molecular formula is C18H15Cl2N3O3. The van der Waals surface area contributed by atoms with E-state index in [-0.39, 0.29) is 12.3 Å². The van der Waals surface area contributed by atoms with Gasteiger partial charge in [0.05, 0.1) is 12.1 Å². The van der Waals surface area contributed by atoms with Crippen molar-refractivity contribution in [1.82, 2.24) is 10.1 Å². The van der Waals surface area contributed by atoms with E-state index in [1.54, 1.807) is 42.5 Å². The monoisotopic (exact) mass is 391 g/mol. The quantitative estimate of drug-likeness (QED) is 0.662. The van der Waals surface area contributed by atoms with Gasteiger partial charge in [-0.1, -0.05) is 28.4 Å². The van der Waals surface area contributed by atoms with Crippen LogP contribution in [0, 0.1) is 0 Å². The van der Waals surface area contributed by atoms with Gasteiger partial charge in [0.2, 0.25) is 17.6 Å². The minimum atomic E-state index is -0.183. The van der Waals surface area contributed by atoms with E-state index in [9.17, 15) is 4.79 Å². The number of anilines is 1. The number of nitrogens with zero attached hydrogens (tertiary/aromatic N) is 2. The van der Waals surface area contributed by atoms with E-state index in [4.69, 9.17) is 32.5 Å². The van der Waals surface area contributed by atoms with E-state index in [1.807, 2.05) is 0 Å². The minimum absolute atomic E-state index is 0.183. The summed E-state index contributed by atoms with van der Waals surface area (Å²) in [7, 11) is 1.53. The van der Waals surface area contributed by atoms with Crippen LogP contribution in [0.1, 0.15) is 12.3 Å². The summed E-state index contributed by atoms with van der Waals surface area (Å²) in [6, 6.07) is 12.1. The molecule has 1 N–H and O–H groups in total. The fourth-order valence-corrected chi connectivity index (χ4v) is 2.64. The number of halogens is 2. The zero-order chi connectivity index (χ0) is 18.5. The van der Waals surface area contributed by atoms with E-state index in [0.717, 1.165) is 5.56 Å². The Morgan fingerprint density at radius 1 is 1.19 bits per heavy atom.